The maximum Gasteiger partial charge on any atom is 0.313 e. The van der Waals surface area contributed by atoms with Gasteiger partial charge in [-0.1, -0.05) is 13.8 Å². The molecule has 64 valence electrons. The summed E-state index contributed by atoms with van der Waals surface area (Å²) >= 11 is 0. The third-order valence-corrected chi connectivity index (χ3v) is 0.805. The number of hydrogen-bond acceptors (Lipinski definition) is 4. The molecule has 0 aliphatic carbocycles. The van der Waals surface area contributed by atoms with Crippen LogP contribution in [0.2, 0.25) is 0 Å². The Hall–Kier alpha value is -1.19. The maximum atomic E-state index is 10.3. The van der Waals surface area contributed by atoms with Crippen LogP contribution in [0.5, 0.6) is 0 Å². The van der Waals surface area contributed by atoms with Gasteiger partial charge in [-0.3, -0.25) is 9.59 Å². The van der Waals surface area contributed by atoms with Gasteiger partial charge < -0.3 is 9.53 Å². The van der Waals surface area contributed by atoms with Gasteiger partial charge in [0.25, 0.3) is 0 Å². The highest BCUT2D eigenvalue weighted by molar-refractivity contribution is 5.84. The molecule has 0 fully saturated rings. The molecule has 0 aliphatic heterocycles. The zero-order chi connectivity index (χ0) is 9.28. The summed E-state index contributed by atoms with van der Waals surface area (Å²) in [6.07, 6.45) is 0.511. The molecule has 0 unspecified atom stereocenters. The van der Waals surface area contributed by atoms with Gasteiger partial charge in [-0.25, -0.2) is 0 Å². The zero-order valence-electron chi connectivity index (χ0n) is 6.75. The van der Waals surface area contributed by atoms with E-state index in [1.165, 1.54) is 0 Å². The van der Waals surface area contributed by atoms with E-state index >= 15 is 0 Å². The van der Waals surface area contributed by atoms with Gasteiger partial charge in [-0.2, -0.15) is 0 Å². The lowest BCUT2D eigenvalue weighted by Crippen LogP contribution is -2.09. The molecular weight excluding hydrogens is 148 g/mol. The Bertz CT molecular complexity index is 116. The van der Waals surface area contributed by atoms with E-state index in [0.29, 0.717) is 0 Å². The molecule has 0 saturated heterocycles. The van der Waals surface area contributed by atoms with Crippen molar-refractivity contribution >= 4 is 18.7 Å². The Morgan fingerprint density at radius 2 is 1.36 bits per heavy atom. The number of rotatable bonds is 2. The fourth-order valence-electron chi connectivity index (χ4n) is 0.271. The second kappa shape index (κ2) is 8.81. The molecule has 0 atom stereocenters. The third-order valence-electron chi connectivity index (χ3n) is 0.805. The minimum absolute atomic E-state index is 0.256. The van der Waals surface area contributed by atoms with Gasteiger partial charge in [-0.15, -0.1) is 0 Å². The number of esters is 2. The predicted molar refractivity (Wildman–Crippen MR) is 38.8 cm³/mol. The van der Waals surface area contributed by atoms with Crippen molar-refractivity contribution in [3.63, 3.8) is 0 Å². The lowest BCUT2D eigenvalue weighted by Gasteiger charge is -1.95. The summed E-state index contributed by atoms with van der Waals surface area (Å²) in [6, 6.07) is 0. The highest BCUT2D eigenvalue weighted by Crippen LogP contribution is 1.88. The Kier molecular flexibility index (Phi) is 10.00. The van der Waals surface area contributed by atoms with Gasteiger partial charge in [0.15, 0.2) is 0 Å². The van der Waals surface area contributed by atoms with Crippen LogP contribution in [0.3, 0.4) is 0 Å². The molecule has 4 nitrogen and oxygen atoms in total. The smallest absolute Gasteiger partial charge is 0.313 e. The van der Waals surface area contributed by atoms with E-state index < -0.39 is 11.9 Å². The monoisotopic (exact) mass is 160 g/mol. The van der Waals surface area contributed by atoms with Crippen molar-refractivity contribution < 1.29 is 19.1 Å². The van der Waals surface area contributed by atoms with Crippen LogP contribution >= 0.6 is 0 Å². The van der Waals surface area contributed by atoms with E-state index in [0.717, 1.165) is 0 Å². The lowest BCUT2D eigenvalue weighted by atomic mass is 10.5. The number of ether oxygens (including phenoxy) is 1. The summed E-state index contributed by atoms with van der Waals surface area (Å²) in [4.78, 5) is 28.7. The Labute approximate surface area is 65.5 Å². The molecule has 0 aliphatic rings. The van der Waals surface area contributed by atoms with Crippen molar-refractivity contribution in [3.8, 4) is 0 Å². The van der Waals surface area contributed by atoms with E-state index in [-0.39, 0.29) is 12.8 Å². The van der Waals surface area contributed by atoms with Crippen LogP contribution < -0.4 is 0 Å². The van der Waals surface area contributed by atoms with Gasteiger partial charge in [0.1, 0.15) is 6.79 Å². The standard InChI is InChI=1S/C6H10O3.CH2O/c1-3-5(7)9-6(8)4-2;1-2/h3-4H2,1-2H3;1H2. The molecule has 0 aromatic rings. The van der Waals surface area contributed by atoms with Gasteiger partial charge >= 0.3 is 11.9 Å². The fourth-order valence-corrected chi connectivity index (χ4v) is 0.271. The first-order chi connectivity index (χ1) is 5.20. The molecule has 0 radical (unpaired) electrons. The van der Waals surface area contributed by atoms with Crippen molar-refractivity contribution in [2.24, 2.45) is 0 Å². The average Bonchev–Trinajstić information content (AvgIpc) is 2.07. The van der Waals surface area contributed by atoms with Crippen LogP contribution in [0, 0.1) is 0 Å². The van der Waals surface area contributed by atoms with Crippen molar-refractivity contribution in [1.82, 2.24) is 0 Å². The fraction of sp³-hybridized carbons (Fsp3) is 0.571. The quantitative estimate of drug-likeness (QED) is 0.440. The van der Waals surface area contributed by atoms with Crippen molar-refractivity contribution in [2.45, 2.75) is 26.7 Å². The first-order valence-corrected chi connectivity index (χ1v) is 3.23. The minimum atomic E-state index is -0.457. The normalized spacial score (nSPS) is 7.45. The minimum Gasteiger partial charge on any atom is -0.393 e. The summed E-state index contributed by atoms with van der Waals surface area (Å²) in [5, 5.41) is 0. The zero-order valence-corrected chi connectivity index (χ0v) is 6.75. The largest absolute Gasteiger partial charge is 0.393 e. The molecule has 4 heteroatoms. The summed E-state index contributed by atoms with van der Waals surface area (Å²) in [7, 11) is 0. The molecule has 0 heterocycles. The second-order valence-corrected chi connectivity index (χ2v) is 1.55. The van der Waals surface area contributed by atoms with E-state index in [1.807, 2.05) is 6.79 Å². The average molecular weight is 160 g/mol. The number of hydrogen-bond donors (Lipinski definition) is 0. The molecular formula is C7H12O4. The van der Waals surface area contributed by atoms with Gasteiger partial charge in [0.2, 0.25) is 0 Å². The molecule has 0 saturated carbocycles. The summed E-state index contributed by atoms with van der Waals surface area (Å²) < 4.78 is 4.27. The Morgan fingerprint density at radius 1 is 1.09 bits per heavy atom. The highest BCUT2D eigenvalue weighted by Gasteiger charge is 2.03. The summed E-state index contributed by atoms with van der Waals surface area (Å²) in [5.74, 6) is -0.913. The van der Waals surface area contributed by atoms with Crippen LogP contribution in [0.1, 0.15) is 26.7 Å². The van der Waals surface area contributed by atoms with Crippen LogP contribution in [0.4, 0.5) is 0 Å². The van der Waals surface area contributed by atoms with Gasteiger partial charge in [0, 0.05) is 12.8 Å². The van der Waals surface area contributed by atoms with E-state index in [2.05, 4.69) is 4.74 Å². The summed E-state index contributed by atoms with van der Waals surface area (Å²) in [5.41, 5.74) is 0. The molecule has 0 bridgehead atoms. The molecule has 0 amide bonds. The van der Waals surface area contributed by atoms with Crippen molar-refractivity contribution in [3.05, 3.63) is 0 Å². The topological polar surface area (TPSA) is 60.4 Å². The predicted octanol–water partition coefficient (Wildman–Crippen LogP) is 0.691. The number of carbonyl (C=O) groups excluding carboxylic acids is 3. The molecule has 0 aromatic carbocycles. The first-order valence-electron chi connectivity index (χ1n) is 3.23. The molecule has 0 N–H and O–H groups in total. The van der Waals surface area contributed by atoms with Crippen molar-refractivity contribution in [1.29, 1.82) is 0 Å². The van der Waals surface area contributed by atoms with Crippen LogP contribution in [-0.2, 0) is 19.1 Å². The van der Waals surface area contributed by atoms with E-state index in [9.17, 15) is 9.59 Å². The lowest BCUT2D eigenvalue weighted by molar-refractivity contribution is -0.159. The first kappa shape index (κ1) is 12.5. The molecule has 11 heavy (non-hydrogen) atoms. The van der Waals surface area contributed by atoms with Crippen molar-refractivity contribution in [2.75, 3.05) is 0 Å². The van der Waals surface area contributed by atoms with Gasteiger partial charge in [0.05, 0.1) is 0 Å². The van der Waals surface area contributed by atoms with Crippen LogP contribution in [0.25, 0.3) is 0 Å². The Morgan fingerprint density at radius 3 is 1.55 bits per heavy atom. The van der Waals surface area contributed by atoms with E-state index in [4.69, 9.17) is 4.79 Å². The summed E-state index contributed by atoms with van der Waals surface area (Å²) in [6.45, 7) is 5.29. The SMILES string of the molecule is C=O.CCC(=O)OC(=O)CC. The molecule has 0 aromatic heterocycles. The van der Waals surface area contributed by atoms with Gasteiger partial charge in [-0.05, 0) is 0 Å². The van der Waals surface area contributed by atoms with Crippen LogP contribution in [0.15, 0.2) is 0 Å². The molecule has 0 rings (SSSR count). The van der Waals surface area contributed by atoms with E-state index in [1.54, 1.807) is 13.8 Å². The molecule has 0 spiro atoms. The number of carbonyl (C=O) groups is 3. The second-order valence-electron chi connectivity index (χ2n) is 1.55. The highest BCUT2D eigenvalue weighted by atomic mass is 16.6. The third kappa shape index (κ3) is 8.81. The Balaban J connectivity index is 0. The van der Waals surface area contributed by atoms with Crippen LogP contribution in [-0.4, -0.2) is 18.7 Å². The maximum absolute atomic E-state index is 10.3.